The maximum Gasteiger partial charge on any atom is 0.116 e. The molecule has 0 aliphatic heterocycles. The minimum Gasteiger partial charge on any atom is -0.383 e. The van der Waals surface area contributed by atoms with Crippen LogP contribution in [0.1, 0.15) is 25.0 Å². The topological polar surface area (TPSA) is 50.9 Å². The first-order valence-corrected chi connectivity index (χ1v) is 6.51. The molecule has 2 aromatic rings. The summed E-state index contributed by atoms with van der Waals surface area (Å²) in [5.74, 6) is 0.830. The Morgan fingerprint density at radius 2 is 1.89 bits per heavy atom. The van der Waals surface area contributed by atoms with Crippen molar-refractivity contribution >= 4 is 0 Å². The summed E-state index contributed by atoms with van der Waals surface area (Å²) < 4.78 is 0. The van der Waals surface area contributed by atoms with Gasteiger partial charge in [-0.05, 0) is 36.8 Å². The average Bonchev–Trinajstić information content (AvgIpc) is 2.94. The van der Waals surface area contributed by atoms with Gasteiger partial charge in [-0.3, -0.25) is 0 Å². The van der Waals surface area contributed by atoms with Crippen LogP contribution < -0.4 is 0 Å². The quantitative estimate of drug-likeness (QED) is 0.873. The maximum absolute atomic E-state index is 10.6. The molecule has 4 rings (SSSR count). The van der Waals surface area contributed by atoms with E-state index in [1.807, 2.05) is 30.3 Å². The van der Waals surface area contributed by atoms with Crippen LogP contribution in [0.5, 0.6) is 0 Å². The fraction of sp³-hybridized carbons (Fsp3) is 0.429. The molecular formula is C14H15N3O. The normalized spacial score (nSPS) is 33.4. The van der Waals surface area contributed by atoms with E-state index in [-0.39, 0.29) is 0 Å². The summed E-state index contributed by atoms with van der Waals surface area (Å²) in [6.07, 6.45) is 5.20. The Morgan fingerprint density at radius 3 is 2.61 bits per heavy atom. The van der Waals surface area contributed by atoms with Gasteiger partial charge in [0.15, 0.2) is 0 Å². The fourth-order valence-electron chi connectivity index (χ4n) is 3.43. The van der Waals surface area contributed by atoms with Crippen molar-refractivity contribution < 1.29 is 5.11 Å². The van der Waals surface area contributed by atoms with E-state index in [1.54, 1.807) is 11.0 Å². The molecule has 1 N–H and O–H groups in total. The molecule has 0 saturated heterocycles. The van der Waals surface area contributed by atoms with E-state index in [9.17, 15) is 5.11 Å². The number of benzene rings is 1. The molecule has 2 atom stereocenters. The molecule has 0 amide bonds. The Bertz CT molecular complexity index is 568. The summed E-state index contributed by atoms with van der Waals surface area (Å²) in [4.78, 5) is 1.60. The van der Waals surface area contributed by atoms with Crippen LogP contribution in [0.15, 0.2) is 36.5 Å². The standard InChI is InChI=1S/C14H15N3O/c18-14(11-7-4-8-12(11)14)13-9-15-17(16-13)10-5-2-1-3-6-10/h1-3,5-6,9,11-12,18H,4,7-8H2. The first-order valence-electron chi connectivity index (χ1n) is 6.51. The number of para-hydroxylation sites is 1. The van der Waals surface area contributed by atoms with Crippen LogP contribution in [0, 0.1) is 11.8 Å². The highest BCUT2D eigenvalue weighted by Crippen LogP contribution is 2.65. The number of hydrogen-bond acceptors (Lipinski definition) is 3. The number of aliphatic hydroxyl groups is 1. The lowest BCUT2D eigenvalue weighted by Crippen LogP contribution is -2.14. The van der Waals surface area contributed by atoms with Gasteiger partial charge in [-0.15, -0.1) is 0 Å². The van der Waals surface area contributed by atoms with Gasteiger partial charge in [0, 0.05) is 0 Å². The van der Waals surface area contributed by atoms with E-state index in [0.717, 1.165) is 24.2 Å². The molecule has 1 aromatic carbocycles. The Labute approximate surface area is 105 Å². The molecule has 0 spiro atoms. The van der Waals surface area contributed by atoms with Crippen molar-refractivity contribution in [2.24, 2.45) is 11.8 Å². The Balaban J connectivity index is 1.68. The first kappa shape index (κ1) is 10.3. The second-order valence-corrected chi connectivity index (χ2v) is 5.32. The third-order valence-electron chi connectivity index (χ3n) is 4.43. The molecule has 1 aromatic heterocycles. The molecule has 92 valence electrons. The Hall–Kier alpha value is -1.68. The number of aromatic nitrogens is 3. The van der Waals surface area contributed by atoms with E-state index in [1.165, 1.54) is 6.42 Å². The summed E-state index contributed by atoms with van der Waals surface area (Å²) in [6.45, 7) is 0. The van der Waals surface area contributed by atoms with E-state index >= 15 is 0 Å². The van der Waals surface area contributed by atoms with Gasteiger partial charge in [0.1, 0.15) is 11.3 Å². The summed E-state index contributed by atoms with van der Waals surface area (Å²) >= 11 is 0. The third kappa shape index (κ3) is 1.24. The minimum atomic E-state index is -0.689. The summed E-state index contributed by atoms with van der Waals surface area (Å²) in [6, 6.07) is 9.80. The second-order valence-electron chi connectivity index (χ2n) is 5.32. The van der Waals surface area contributed by atoms with Crippen molar-refractivity contribution in [1.29, 1.82) is 0 Å². The van der Waals surface area contributed by atoms with Crippen LogP contribution in [0.2, 0.25) is 0 Å². The lowest BCUT2D eigenvalue weighted by Gasteiger charge is -2.09. The Morgan fingerprint density at radius 1 is 1.17 bits per heavy atom. The summed E-state index contributed by atoms with van der Waals surface area (Å²) in [7, 11) is 0. The number of nitrogens with zero attached hydrogens (tertiary/aromatic N) is 3. The minimum absolute atomic E-state index is 0.415. The monoisotopic (exact) mass is 241 g/mol. The van der Waals surface area contributed by atoms with Gasteiger partial charge in [0.2, 0.25) is 0 Å². The predicted octanol–water partition coefficient (Wildman–Crippen LogP) is 1.88. The molecule has 4 heteroatoms. The lowest BCUT2D eigenvalue weighted by atomic mass is 10.1. The second kappa shape index (κ2) is 3.42. The lowest BCUT2D eigenvalue weighted by molar-refractivity contribution is 0.100. The third-order valence-corrected chi connectivity index (χ3v) is 4.43. The van der Waals surface area contributed by atoms with Crippen molar-refractivity contribution in [3.8, 4) is 5.69 Å². The van der Waals surface area contributed by atoms with Crippen LogP contribution >= 0.6 is 0 Å². The van der Waals surface area contributed by atoms with Gasteiger partial charge in [0.25, 0.3) is 0 Å². The van der Waals surface area contributed by atoms with Crippen LogP contribution in [0.25, 0.3) is 5.69 Å². The van der Waals surface area contributed by atoms with Crippen molar-refractivity contribution in [2.75, 3.05) is 0 Å². The highest BCUT2D eigenvalue weighted by Gasteiger charge is 2.67. The molecule has 0 bridgehead atoms. The van der Waals surface area contributed by atoms with Crippen LogP contribution in [0.3, 0.4) is 0 Å². The predicted molar refractivity (Wildman–Crippen MR) is 66.1 cm³/mol. The van der Waals surface area contributed by atoms with E-state index < -0.39 is 5.60 Å². The zero-order chi connectivity index (χ0) is 12.2. The smallest absolute Gasteiger partial charge is 0.116 e. The van der Waals surface area contributed by atoms with Crippen LogP contribution in [-0.4, -0.2) is 20.1 Å². The van der Waals surface area contributed by atoms with Gasteiger partial charge < -0.3 is 5.11 Å². The molecular weight excluding hydrogens is 226 g/mol. The number of fused-ring (bicyclic) bond motifs is 1. The van der Waals surface area contributed by atoms with Crippen molar-refractivity contribution in [3.05, 3.63) is 42.2 Å². The molecule has 2 aliphatic rings. The van der Waals surface area contributed by atoms with Crippen molar-refractivity contribution in [1.82, 2.24) is 15.0 Å². The molecule has 4 nitrogen and oxygen atoms in total. The molecule has 2 unspecified atom stereocenters. The summed E-state index contributed by atoms with van der Waals surface area (Å²) in [5.41, 5.74) is 0.977. The fourth-order valence-corrected chi connectivity index (χ4v) is 3.43. The Kier molecular flexibility index (Phi) is 1.95. The van der Waals surface area contributed by atoms with E-state index in [2.05, 4.69) is 10.2 Å². The number of rotatable bonds is 2. The van der Waals surface area contributed by atoms with E-state index in [0.29, 0.717) is 11.8 Å². The zero-order valence-corrected chi connectivity index (χ0v) is 10.0. The molecule has 1 heterocycles. The van der Waals surface area contributed by atoms with Gasteiger partial charge in [-0.1, -0.05) is 24.6 Å². The van der Waals surface area contributed by atoms with Gasteiger partial charge in [0.05, 0.1) is 11.9 Å². The van der Waals surface area contributed by atoms with E-state index in [4.69, 9.17) is 0 Å². The number of hydrogen-bond donors (Lipinski definition) is 1. The van der Waals surface area contributed by atoms with Crippen molar-refractivity contribution in [3.63, 3.8) is 0 Å². The largest absolute Gasteiger partial charge is 0.383 e. The van der Waals surface area contributed by atoms with Crippen LogP contribution in [0.4, 0.5) is 0 Å². The molecule has 0 radical (unpaired) electrons. The van der Waals surface area contributed by atoms with Crippen LogP contribution in [-0.2, 0) is 5.60 Å². The molecule has 18 heavy (non-hydrogen) atoms. The highest BCUT2D eigenvalue weighted by atomic mass is 16.3. The van der Waals surface area contributed by atoms with Gasteiger partial charge in [-0.25, -0.2) is 0 Å². The average molecular weight is 241 g/mol. The maximum atomic E-state index is 10.6. The molecule has 2 fully saturated rings. The zero-order valence-electron chi connectivity index (χ0n) is 10.0. The molecule has 2 saturated carbocycles. The van der Waals surface area contributed by atoms with Crippen molar-refractivity contribution in [2.45, 2.75) is 24.9 Å². The summed E-state index contributed by atoms with van der Waals surface area (Å²) in [5, 5.41) is 19.3. The first-order chi connectivity index (χ1) is 8.80. The highest BCUT2D eigenvalue weighted by molar-refractivity contribution is 5.31. The molecule has 2 aliphatic carbocycles. The van der Waals surface area contributed by atoms with Gasteiger partial charge in [-0.2, -0.15) is 15.0 Å². The SMILES string of the molecule is OC1(c2cnn(-c3ccccc3)n2)C2CCCC21. The van der Waals surface area contributed by atoms with Gasteiger partial charge >= 0.3 is 0 Å².